The summed E-state index contributed by atoms with van der Waals surface area (Å²) in [6.45, 7) is 0.136. The van der Waals surface area contributed by atoms with Gasteiger partial charge in [0.2, 0.25) is 0 Å². The summed E-state index contributed by atoms with van der Waals surface area (Å²) in [6, 6.07) is 8.50. The Hall–Kier alpha value is -2.20. The van der Waals surface area contributed by atoms with Crippen LogP contribution in [0, 0.1) is 5.82 Å². The molecule has 0 unspecified atom stereocenters. The van der Waals surface area contributed by atoms with Crippen molar-refractivity contribution in [1.82, 2.24) is 14.7 Å². The molecule has 1 amide bonds. The normalized spacial score (nSPS) is 11.6. The third-order valence-electron chi connectivity index (χ3n) is 3.72. The first-order valence-electron chi connectivity index (χ1n) is 7.58. The van der Waals surface area contributed by atoms with Crippen LogP contribution < -0.4 is 0 Å². The maximum atomic E-state index is 14.0. The van der Waals surface area contributed by atoms with Gasteiger partial charge in [-0.3, -0.25) is 4.79 Å². The lowest BCUT2D eigenvalue weighted by atomic mass is 10.2. The number of para-hydroxylation sites is 1. The van der Waals surface area contributed by atoms with Crippen molar-refractivity contribution in [1.29, 1.82) is 0 Å². The van der Waals surface area contributed by atoms with Crippen molar-refractivity contribution in [2.75, 3.05) is 7.05 Å². The number of aromatic nitrogens is 2. The van der Waals surface area contributed by atoms with E-state index in [-0.39, 0.29) is 12.2 Å². The Kier molecular flexibility index (Phi) is 5.38. The van der Waals surface area contributed by atoms with Gasteiger partial charge in [0.05, 0.1) is 22.1 Å². The average molecular weight is 462 g/mol. The minimum absolute atomic E-state index is 0.136. The number of thiophene rings is 1. The van der Waals surface area contributed by atoms with Crippen LogP contribution in [-0.4, -0.2) is 27.6 Å². The van der Waals surface area contributed by atoms with Gasteiger partial charge in [-0.15, -0.1) is 11.3 Å². The summed E-state index contributed by atoms with van der Waals surface area (Å²) in [5.74, 6) is -1.73. The molecule has 0 radical (unpaired) electrons. The van der Waals surface area contributed by atoms with Gasteiger partial charge < -0.3 is 4.90 Å². The summed E-state index contributed by atoms with van der Waals surface area (Å²) >= 11 is 4.67. The van der Waals surface area contributed by atoms with E-state index in [1.54, 1.807) is 12.1 Å². The summed E-state index contributed by atoms with van der Waals surface area (Å²) < 4.78 is 56.2. The molecule has 0 bridgehead atoms. The van der Waals surface area contributed by atoms with Crippen molar-refractivity contribution in [2.24, 2.45) is 0 Å². The van der Waals surface area contributed by atoms with Crippen molar-refractivity contribution in [3.8, 4) is 5.69 Å². The first-order valence-corrected chi connectivity index (χ1v) is 9.19. The zero-order chi connectivity index (χ0) is 19.8. The molecule has 0 fully saturated rings. The minimum atomic E-state index is -4.89. The van der Waals surface area contributed by atoms with E-state index in [1.807, 2.05) is 0 Å². The number of amides is 1. The Labute approximate surface area is 164 Å². The van der Waals surface area contributed by atoms with Crippen molar-refractivity contribution >= 4 is 33.2 Å². The predicted molar refractivity (Wildman–Crippen MR) is 96.3 cm³/mol. The highest BCUT2D eigenvalue weighted by Crippen LogP contribution is 2.35. The number of carbonyl (C=O) groups excluding carboxylic acids is 1. The fourth-order valence-corrected chi connectivity index (χ4v) is 4.07. The molecule has 4 nitrogen and oxygen atoms in total. The number of rotatable bonds is 4. The molecule has 0 atom stereocenters. The Morgan fingerprint density at radius 3 is 2.56 bits per heavy atom. The maximum absolute atomic E-state index is 14.0. The molecule has 0 saturated carbocycles. The summed E-state index contributed by atoms with van der Waals surface area (Å²) in [6.07, 6.45) is -4.07. The zero-order valence-corrected chi connectivity index (χ0v) is 16.2. The van der Waals surface area contributed by atoms with E-state index in [9.17, 15) is 22.4 Å². The molecular formula is C17H12BrF4N3OS. The van der Waals surface area contributed by atoms with E-state index < -0.39 is 29.2 Å². The van der Waals surface area contributed by atoms with Gasteiger partial charge in [0.1, 0.15) is 11.5 Å². The minimum Gasteiger partial charge on any atom is -0.336 e. The largest absolute Gasteiger partial charge is 0.434 e. The molecule has 3 aromatic rings. The molecule has 2 aromatic heterocycles. The highest BCUT2D eigenvalue weighted by atomic mass is 79.9. The number of alkyl halides is 3. The molecule has 0 N–H and O–H groups in total. The number of nitrogens with zero attached hydrogens (tertiary/aromatic N) is 3. The smallest absolute Gasteiger partial charge is 0.336 e. The Balaban J connectivity index is 2.00. The fraction of sp³-hybridized carbons (Fsp3) is 0.176. The van der Waals surface area contributed by atoms with Crippen LogP contribution in [0.1, 0.15) is 20.9 Å². The zero-order valence-electron chi connectivity index (χ0n) is 13.8. The number of hydrogen-bond acceptors (Lipinski definition) is 3. The van der Waals surface area contributed by atoms with Gasteiger partial charge in [-0.1, -0.05) is 12.1 Å². The predicted octanol–water partition coefficient (Wildman–Crippen LogP) is 5.13. The van der Waals surface area contributed by atoms with E-state index in [0.29, 0.717) is 4.68 Å². The van der Waals surface area contributed by atoms with Crippen LogP contribution in [0.3, 0.4) is 0 Å². The van der Waals surface area contributed by atoms with Gasteiger partial charge in [0.25, 0.3) is 5.91 Å². The van der Waals surface area contributed by atoms with E-state index in [2.05, 4.69) is 21.0 Å². The molecule has 0 spiro atoms. The van der Waals surface area contributed by atoms with E-state index >= 15 is 0 Å². The number of benzene rings is 1. The SMILES string of the molecule is CN(Cc1ccc(Br)s1)C(=O)c1cnn(-c2ccccc2F)c1C(F)(F)F. The number of hydrogen-bond donors (Lipinski definition) is 0. The third kappa shape index (κ3) is 4.06. The molecule has 0 aliphatic carbocycles. The molecule has 0 saturated heterocycles. The quantitative estimate of drug-likeness (QED) is 0.505. The lowest BCUT2D eigenvalue weighted by molar-refractivity contribution is -0.143. The van der Waals surface area contributed by atoms with Crippen LogP contribution in [0.5, 0.6) is 0 Å². The first kappa shape index (κ1) is 19.6. The van der Waals surface area contributed by atoms with Gasteiger partial charge in [0, 0.05) is 11.9 Å². The molecule has 0 aliphatic rings. The van der Waals surface area contributed by atoms with Gasteiger partial charge in [-0.05, 0) is 40.2 Å². The molecule has 142 valence electrons. The van der Waals surface area contributed by atoms with Crippen molar-refractivity contribution in [3.05, 3.63) is 68.3 Å². The van der Waals surface area contributed by atoms with E-state index in [1.165, 1.54) is 36.6 Å². The maximum Gasteiger partial charge on any atom is 0.434 e. The van der Waals surface area contributed by atoms with Crippen LogP contribution in [0.4, 0.5) is 17.6 Å². The average Bonchev–Trinajstić information content (AvgIpc) is 3.20. The van der Waals surface area contributed by atoms with Gasteiger partial charge in [-0.2, -0.15) is 18.3 Å². The standard InChI is InChI=1S/C17H12BrF4N3OS/c1-24(9-10-6-7-14(18)27-10)16(26)11-8-23-25(15(11)17(20,21)22)13-5-3-2-4-12(13)19/h2-8H,9H2,1H3. The lowest BCUT2D eigenvalue weighted by Crippen LogP contribution is -2.28. The first-order chi connectivity index (χ1) is 12.7. The van der Waals surface area contributed by atoms with Gasteiger partial charge in [0.15, 0.2) is 5.69 Å². The van der Waals surface area contributed by atoms with Gasteiger partial charge in [-0.25, -0.2) is 9.07 Å². The van der Waals surface area contributed by atoms with Crippen LogP contribution in [0.2, 0.25) is 0 Å². The highest BCUT2D eigenvalue weighted by molar-refractivity contribution is 9.11. The summed E-state index contributed by atoms with van der Waals surface area (Å²) in [4.78, 5) is 14.6. The monoisotopic (exact) mass is 461 g/mol. The molecule has 0 aliphatic heterocycles. The van der Waals surface area contributed by atoms with Crippen LogP contribution in [0.15, 0.2) is 46.4 Å². The topological polar surface area (TPSA) is 38.1 Å². The molecular weight excluding hydrogens is 450 g/mol. The second kappa shape index (κ2) is 7.43. The highest BCUT2D eigenvalue weighted by Gasteiger charge is 2.41. The summed E-state index contributed by atoms with van der Waals surface area (Å²) in [7, 11) is 1.40. The molecule has 2 heterocycles. The van der Waals surface area contributed by atoms with Crippen LogP contribution >= 0.6 is 27.3 Å². The second-order valence-electron chi connectivity index (χ2n) is 5.63. The summed E-state index contributed by atoms with van der Waals surface area (Å²) in [5, 5.41) is 3.63. The van der Waals surface area contributed by atoms with E-state index in [4.69, 9.17) is 0 Å². The summed E-state index contributed by atoms with van der Waals surface area (Å²) in [5.41, 5.74) is -2.32. The van der Waals surface area contributed by atoms with Crippen LogP contribution in [-0.2, 0) is 12.7 Å². The Morgan fingerprint density at radius 2 is 1.96 bits per heavy atom. The fourth-order valence-electron chi connectivity index (χ4n) is 2.53. The Bertz CT molecular complexity index is 983. The molecule has 10 heteroatoms. The van der Waals surface area contributed by atoms with E-state index in [0.717, 1.165) is 25.8 Å². The van der Waals surface area contributed by atoms with Crippen molar-refractivity contribution < 1.29 is 22.4 Å². The van der Waals surface area contributed by atoms with Gasteiger partial charge >= 0.3 is 6.18 Å². The molecule has 1 aromatic carbocycles. The lowest BCUT2D eigenvalue weighted by Gasteiger charge is -2.18. The molecule has 27 heavy (non-hydrogen) atoms. The van der Waals surface area contributed by atoms with Crippen LogP contribution in [0.25, 0.3) is 5.69 Å². The molecule has 3 rings (SSSR count). The Morgan fingerprint density at radius 1 is 1.26 bits per heavy atom. The third-order valence-corrected chi connectivity index (χ3v) is 5.33. The van der Waals surface area contributed by atoms with Crippen molar-refractivity contribution in [3.63, 3.8) is 0 Å². The second-order valence-corrected chi connectivity index (χ2v) is 8.18. The number of carbonyl (C=O) groups is 1. The van der Waals surface area contributed by atoms with Crippen molar-refractivity contribution in [2.45, 2.75) is 12.7 Å². The number of halogens is 5.